The molecule has 0 spiro atoms. The Balaban J connectivity index is 2.01. The van der Waals surface area contributed by atoms with Crippen LogP contribution in [-0.2, 0) is 9.53 Å². The van der Waals surface area contributed by atoms with Gasteiger partial charge in [0.2, 0.25) is 5.78 Å². The molecule has 1 unspecified atom stereocenters. The molecule has 21 heavy (non-hydrogen) atoms. The molecule has 2 aromatic rings. The predicted octanol–water partition coefficient (Wildman–Crippen LogP) is 3.01. The zero-order valence-electron chi connectivity index (χ0n) is 11.9. The van der Waals surface area contributed by atoms with Crippen molar-refractivity contribution in [3.05, 3.63) is 77.0 Å². The molecule has 0 saturated heterocycles. The summed E-state index contributed by atoms with van der Waals surface area (Å²) in [5.74, 6) is 0.548. The summed E-state index contributed by atoms with van der Waals surface area (Å²) in [5, 5.41) is 0. The van der Waals surface area contributed by atoms with Gasteiger partial charge in [-0.1, -0.05) is 60.2 Å². The van der Waals surface area contributed by atoms with Gasteiger partial charge in [0.25, 0.3) is 0 Å². The average Bonchev–Trinajstić information content (AvgIpc) is 2.85. The molecule has 0 fully saturated rings. The summed E-state index contributed by atoms with van der Waals surface area (Å²) in [4.78, 5) is 12.7. The number of nitrogens with two attached hydrogens (primary N) is 1. The Bertz CT molecular complexity index is 704. The summed E-state index contributed by atoms with van der Waals surface area (Å²) >= 11 is 0. The third-order valence-electron chi connectivity index (χ3n) is 3.62. The number of benzene rings is 2. The first-order valence-corrected chi connectivity index (χ1v) is 6.97. The summed E-state index contributed by atoms with van der Waals surface area (Å²) in [6.45, 7) is 2.22. The van der Waals surface area contributed by atoms with E-state index in [1.807, 2.05) is 61.5 Å². The largest absolute Gasteiger partial charge is 0.480 e. The van der Waals surface area contributed by atoms with Crippen LogP contribution in [0.3, 0.4) is 0 Å². The zero-order valence-corrected chi connectivity index (χ0v) is 11.9. The monoisotopic (exact) mass is 279 g/mol. The Morgan fingerprint density at radius 3 is 2.52 bits per heavy atom. The molecule has 0 radical (unpaired) electrons. The summed E-state index contributed by atoms with van der Waals surface area (Å²) in [7, 11) is 0. The van der Waals surface area contributed by atoms with Gasteiger partial charge in [-0.2, -0.15) is 0 Å². The maximum absolute atomic E-state index is 12.7. The van der Waals surface area contributed by atoms with Crippen LogP contribution in [0.5, 0.6) is 0 Å². The lowest BCUT2D eigenvalue weighted by Gasteiger charge is -2.10. The third-order valence-corrected chi connectivity index (χ3v) is 3.62. The minimum absolute atomic E-state index is 0.0211. The Hall–Kier alpha value is -2.39. The first kappa shape index (κ1) is 13.6. The number of Topliss-reactive ketones (excluding diaryl/α,β-unsaturated/α-hetero) is 1. The van der Waals surface area contributed by atoms with E-state index in [1.54, 1.807) is 0 Å². The standard InChI is InChI=1S/C18H17NO2/c1-12-6-5-9-14(10-12)16-15(11-19)21-18(17(16)20)13-7-3-2-4-8-13/h2-10,18H,11,19H2,1H3. The Morgan fingerprint density at radius 2 is 1.86 bits per heavy atom. The van der Waals surface area contributed by atoms with Crippen LogP contribution in [0.2, 0.25) is 0 Å². The molecule has 1 atom stereocenters. The highest BCUT2D eigenvalue weighted by molar-refractivity contribution is 6.25. The van der Waals surface area contributed by atoms with E-state index in [0.29, 0.717) is 11.3 Å². The fourth-order valence-electron chi connectivity index (χ4n) is 2.62. The van der Waals surface area contributed by atoms with E-state index in [4.69, 9.17) is 10.5 Å². The number of ketones is 1. The van der Waals surface area contributed by atoms with Gasteiger partial charge in [0, 0.05) is 5.56 Å². The number of ether oxygens (including phenoxy) is 1. The van der Waals surface area contributed by atoms with Crippen molar-refractivity contribution in [2.75, 3.05) is 6.54 Å². The molecule has 3 heteroatoms. The van der Waals surface area contributed by atoms with Crippen molar-refractivity contribution in [3.63, 3.8) is 0 Å². The van der Waals surface area contributed by atoms with Gasteiger partial charge in [0.15, 0.2) is 6.10 Å². The van der Waals surface area contributed by atoms with Crippen LogP contribution in [0.4, 0.5) is 0 Å². The highest BCUT2D eigenvalue weighted by Crippen LogP contribution is 2.37. The van der Waals surface area contributed by atoms with Crippen LogP contribution in [0.15, 0.2) is 60.4 Å². The fourth-order valence-corrected chi connectivity index (χ4v) is 2.62. The zero-order chi connectivity index (χ0) is 14.8. The lowest BCUT2D eigenvalue weighted by atomic mass is 9.95. The molecule has 1 aliphatic heterocycles. The summed E-state index contributed by atoms with van der Waals surface area (Å²) < 4.78 is 5.82. The average molecular weight is 279 g/mol. The van der Waals surface area contributed by atoms with E-state index >= 15 is 0 Å². The van der Waals surface area contributed by atoms with E-state index in [0.717, 1.165) is 16.7 Å². The van der Waals surface area contributed by atoms with Gasteiger partial charge < -0.3 is 10.5 Å². The lowest BCUT2D eigenvalue weighted by Crippen LogP contribution is -2.09. The smallest absolute Gasteiger partial charge is 0.211 e. The van der Waals surface area contributed by atoms with Crippen molar-refractivity contribution in [2.45, 2.75) is 13.0 Å². The number of carbonyl (C=O) groups is 1. The molecule has 106 valence electrons. The molecule has 1 heterocycles. The van der Waals surface area contributed by atoms with Crippen LogP contribution in [-0.4, -0.2) is 12.3 Å². The summed E-state index contributed by atoms with van der Waals surface area (Å²) in [5.41, 5.74) is 9.21. The molecule has 0 aliphatic carbocycles. The molecule has 0 aromatic heterocycles. The number of carbonyl (C=O) groups excluding carboxylic acids is 1. The van der Waals surface area contributed by atoms with Crippen molar-refractivity contribution in [3.8, 4) is 0 Å². The van der Waals surface area contributed by atoms with Crippen LogP contribution < -0.4 is 5.73 Å². The molecule has 2 aromatic carbocycles. The van der Waals surface area contributed by atoms with Gasteiger partial charge in [-0.15, -0.1) is 0 Å². The fraction of sp³-hybridized carbons (Fsp3) is 0.167. The normalized spacial score (nSPS) is 18.0. The minimum atomic E-state index is -0.583. The molecule has 2 N–H and O–H groups in total. The quantitative estimate of drug-likeness (QED) is 0.939. The van der Waals surface area contributed by atoms with Crippen molar-refractivity contribution in [2.24, 2.45) is 5.73 Å². The van der Waals surface area contributed by atoms with Crippen LogP contribution >= 0.6 is 0 Å². The Kier molecular flexibility index (Phi) is 3.59. The van der Waals surface area contributed by atoms with Crippen molar-refractivity contribution in [1.29, 1.82) is 0 Å². The number of hydrogen-bond acceptors (Lipinski definition) is 3. The highest BCUT2D eigenvalue weighted by Gasteiger charge is 2.36. The SMILES string of the molecule is Cc1cccc(C2=C(CN)OC(c3ccccc3)C2=O)c1. The predicted molar refractivity (Wildman–Crippen MR) is 82.4 cm³/mol. The second kappa shape index (κ2) is 5.54. The minimum Gasteiger partial charge on any atom is -0.480 e. The van der Waals surface area contributed by atoms with Gasteiger partial charge in [-0.25, -0.2) is 0 Å². The molecule has 3 rings (SSSR count). The maximum Gasteiger partial charge on any atom is 0.211 e. The van der Waals surface area contributed by atoms with Gasteiger partial charge >= 0.3 is 0 Å². The maximum atomic E-state index is 12.7. The molecule has 0 amide bonds. The molecule has 0 saturated carbocycles. The second-order valence-electron chi connectivity index (χ2n) is 5.14. The van der Waals surface area contributed by atoms with E-state index < -0.39 is 6.10 Å². The Labute approximate surface area is 124 Å². The summed E-state index contributed by atoms with van der Waals surface area (Å²) in [6, 6.07) is 17.4. The summed E-state index contributed by atoms with van der Waals surface area (Å²) in [6.07, 6.45) is -0.583. The lowest BCUT2D eigenvalue weighted by molar-refractivity contribution is -0.120. The van der Waals surface area contributed by atoms with Gasteiger partial charge in [-0.3, -0.25) is 4.79 Å². The van der Waals surface area contributed by atoms with Gasteiger partial charge in [-0.05, 0) is 12.5 Å². The van der Waals surface area contributed by atoms with E-state index in [-0.39, 0.29) is 12.3 Å². The molecular formula is C18H17NO2. The van der Waals surface area contributed by atoms with Crippen LogP contribution in [0.25, 0.3) is 5.57 Å². The van der Waals surface area contributed by atoms with Crippen molar-refractivity contribution in [1.82, 2.24) is 0 Å². The van der Waals surface area contributed by atoms with E-state index in [2.05, 4.69) is 0 Å². The topological polar surface area (TPSA) is 52.3 Å². The number of aryl methyl sites for hydroxylation is 1. The Morgan fingerprint density at radius 1 is 1.10 bits per heavy atom. The van der Waals surface area contributed by atoms with E-state index in [9.17, 15) is 4.79 Å². The molecule has 3 nitrogen and oxygen atoms in total. The third kappa shape index (κ3) is 2.48. The van der Waals surface area contributed by atoms with Crippen molar-refractivity contribution >= 4 is 11.4 Å². The van der Waals surface area contributed by atoms with Gasteiger partial charge in [0.1, 0.15) is 5.76 Å². The molecule has 1 aliphatic rings. The van der Waals surface area contributed by atoms with Crippen molar-refractivity contribution < 1.29 is 9.53 Å². The van der Waals surface area contributed by atoms with Gasteiger partial charge in [0.05, 0.1) is 12.1 Å². The number of hydrogen-bond donors (Lipinski definition) is 1. The highest BCUT2D eigenvalue weighted by atomic mass is 16.5. The first-order valence-electron chi connectivity index (χ1n) is 6.97. The van der Waals surface area contributed by atoms with Crippen LogP contribution in [0, 0.1) is 6.92 Å². The number of rotatable bonds is 3. The first-order chi connectivity index (χ1) is 10.2. The molecule has 0 bridgehead atoms. The second-order valence-corrected chi connectivity index (χ2v) is 5.14. The van der Waals surface area contributed by atoms with Crippen LogP contribution in [0.1, 0.15) is 22.8 Å². The molecular weight excluding hydrogens is 262 g/mol. The van der Waals surface area contributed by atoms with E-state index in [1.165, 1.54) is 0 Å².